The summed E-state index contributed by atoms with van der Waals surface area (Å²) < 4.78 is 2.29. The molecule has 392 valence electrons. The molecule has 0 aliphatic heterocycles. The van der Waals surface area contributed by atoms with E-state index in [2.05, 4.69) is 289 Å². The van der Waals surface area contributed by atoms with Gasteiger partial charge in [0.2, 0.25) is 0 Å². The van der Waals surface area contributed by atoms with Gasteiger partial charge in [-0.05, 0) is 103 Å². The smallest absolute Gasteiger partial charge is 0.148 e. The van der Waals surface area contributed by atoms with E-state index in [1.165, 1.54) is 27.8 Å². The molecule has 0 saturated carbocycles. The maximum absolute atomic E-state index is 12.7. The van der Waals surface area contributed by atoms with E-state index < -0.39 is 0 Å². The van der Waals surface area contributed by atoms with Crippen molar-refractivity contribution in [1.29, 1.82) is 0 Å². The van der Waals surface area contributed by atoms with Crippen molar-refractivity contribution in [3.05, 3.63) is 239 Å². The Bertz CT molecular complexity index is 3690. The van der Waals surface area contributed by atoms with Crippen molar-refractivity contribution in [3.63, 3.8) is 0 Å². The van der Waals surface area contributed by atoms with E-state index in [9.17, 15) is 5.11 Å². The van der Waals surface area contributed by atoms with E-state index in [4.69, 9.17) is 9.97 Å². The molecule has 0 aliphatic carbocycles. The monoisotopic (exact) mass is 1190 g/mol. The van der Waals surface area contributed by atoms with Gasteiger partial charge < -0.3 is 5.11 Å². The molecule has 4 nitrogen and oxygen atoms in total. The average molecular weight is 1190 g/mol. The van der Waals surface area contributed by atoms with Crippen LogP contribution in [0.1, 0.15) is 129 Å². The number of para-hydroxylation sites is 1. The topological polar surface area (TPSA) is 50.9 Å². The molecule has 0 saturated heterocycles. The van der Waals surface area contributed by atoms with Crippen LogP contribution in [0.15, 0.2) is 194 Å². The molecule has 0 amide bonds. The van der Waals surface area contributed by atoms with Crippen LogP contribution in [0.2, 0.25) is 0 Å². The number of aromatic nitrogens is 3. The van der Waals surface area contributed by atoms with Crippen molar-refractivity contribution in [2.45, 2.75) is 117 Å². The summed E-state index contributed by atoms with van der Waals surface area (Å²) in [7, 11) is 0. The van der Waals surface area contributed by atoms with E-state index >= 15 is 0 Å². The second kappa shape index (κ2) is 20.7. The Morgan fingerprint density at radius 1 is 0.416 bits per heavy atom. The Hall–Kier alpha value is -7.13. The van der Waals surface area contributed by atoms with Gasteiger partial charge in [0.1, 0.15) is 11.6 Å². The summed E-state index contributed by atoms with van der Waals surface area (Å²) in [5.74, 6) is 0.925. The Morgan fingerprint density at radius 3 is 1.53 bits per heavy atom. The van der Waals surface area contributed by atoms with Crippen LogP contribution in [0.25, 0.3) is 72.7 Å². The number of aromatic hydroxyl groups is 1. The van der Waals surface area contributed by atoms with Gasteiger partial charge in [0, 0.05) is 49.5 Å². The molecule has 2 heterocycles. The fraction of sp³-hybridized carbons (Fsp3) is 0.250. The summed E-state index contributed by atoms with van der Waals surface area (Å²) in [6, 6.07) is 71.6. The molecule has 2 aromatic heterocycles. The molecule has 0 fully saturated rings. The molecular weight excluding hydrogens is 1120 g/mol. The predicted octanol–water partition coefficient (Wildman–Crippen LogP) is 18.8. The SMILES string of the molecule is CC(C)(C)c1cc(-c2cc(-c3ccc(C(C)(c4ccccc4)c4ccccc4)cc3)ccn2)[c-]c(-c2cccc3c2nc(-c2cc(C(C)(C)C)cc(C(C)(C)C)c2O)n3-c2ccc(C(C)(C)C)cc2-c2ccccc2)c1.[Pt]. The maximum atomic E-state index is 12.7. The first-order valence-corrected chi connectivity index (χ1v) is 26.9. The number of phenols is 1. The van der Waals surface area contributed by atoms with Gasteiger partial charge >= 0.3 is 0 Å². The zero-order chi connectivity index (χ0) is 54.0. The van der Waals surface area contributed by atoms with Crippen molar-refractivity contribution in [1.82, 2.24) is 14.5 Å². The largest absolute Gasteiger partial charge is 0.507 e. The van der Waals surface area contributed by atoms with Crippen LogP contribution in [0.5, 0.6) is 5.75 Å². The molecule has 0 spiro atoms. The second-order valence-corrected chi connectivity index (χ2v) is 25.0. The number of hydrogen-bond donors (Lipinski definition) is 1. The van der Waals surface area contributed by atoms with Crippen molar-refractivity contribution in [2.24, 2.45) is 0 Å². The fourth-order valence-corrected chi connectivity index (χ4v) is 10.7. The van der Waals surface area contributed by atoms with E-state index in [1.54, 1.807) is 0 Å². The average Bonchev–Trinajstić information content (AvgIpc) is 3.85. The van der Waals surface area contributed by atoms with Crippen LogP contribution >= 0.6 is 0 Å². The van der Waals surface area contributed by atoms with Gasteiger partial charge in [-0.1, -0.05) is 240 Å². The molecule has 10 rings (SSSR count). The molecule has 77 heavy (non-hydrogen) atoms. The minimum atomic E-state index is -0.342. The third-order valence-corrected chi connectivity index (χ3v) is 15.5. The molecule has 0 unspecified atom stereocenters. The van der Waals surface area contributed by atoms with Crippen LogP contribution < -0.4 is 0 Å². The number of fused-ring (bicyclic) bond motifs is 1. The Labute approximate surface area is 472 Å². The number of pyridine rings is 1. The van der Waals surface area contributed by atoms with Crippen molar-refractivity contribution < 1.29 is 26.2 Å². The van der Waals surface area contributed by atoms with Crippen LogP contribution in [-0.4, -0.2) is 19.6 Å². The number of nitrogens with zero attached hydrogens (tertiary/aromatic N) is 3. The van der Waals surface area contributed by atoms with Crippen molar-refractivity contribution >= 4 is 11.0 Å². The first-order valence-electron chi connectivity index (χ1n) is 26.9. The minimum absolute atomic E-state index is 0. The zero-order valence-electron chi connectivity index (χ0n) is 47.1. The summed E-state index contributed by atoms with van der Waals surface area (Å²) >= 11 is 0. The van der Waals surface area contributed by atoms with Crippen molar-refractivity contribution in [3.8, 4) is 67.5 Å². The quantitative estimate of drug-likeness (QED) is 0.116. The Balaban J connectivity index is 0.00000722. The van der Waals surface area contributed by atoms with E-state index in [-0.39, 0.29) is 53.9 Å². The maximum Gasteiger partial charge on any atom is 0.148 e. The van der Waals surface area contributed by atoms with Gasteiger partial charge in [0.25, 0.3) is 0 Å². The van der Waals surface area contributed by atoms with Crippen LogP contribution in [-0.2, 0) is 48.1 Å². The van der Waals surface area contributed by atoms with Gasteiger partial charge in [-0.15, -0.1) is 29.3 Å². The van der Waals surface area contributed by atoms with E-state index in [1.807, 2.05) is 6.20 Å². The summed E-state index contributed by atoms with van der Waals surface area (Å²) in [6.45, 7) is 29.1. The normalized spacial score (nSPS) is 12.4. The van der Waals surface area contributed by atoms with Gasteiger partial charge in [0.05, 0.1) is 22.3 Å². The number of imidazole rings is 1. The third kappa shape index (κ3) is 10.7. The molecule has 0 radical (unpaired) electrons. The van der Waals surface area contributed by atoms with Crippen LogP contribution in [0.4, 0.5) is 0 Å². The number of benzene rings is 8. The van der Waals surface area contributed by atoms with Crippen molar-refractivity contribution in [2.75, 3.05) is 0 Å². The van der Waals surface area contributed by atoms with Crippen LogP contribution in [0.3, 0.4) is 0 Å². The van der Waals surface area contributed by atoms with Gasteiger partial charge in [-0.3, -0.25) is 9.55 Å². The van der Waals surface area contributed by atoms with E-state index in [0.29, 0.717) is 11.4 Å². The second-order valence-electron chi connectivity index (χ2n) is 25.0. The number of phenolic OH excluding ortho intramolecular Hbond substituents is 1. The first kappa shape index (κ1) is 54.7. The molecule has 1 N–H and O–H groups in total. The summed E-state index contributed by atoms with van der Waals surface area (Å²) in [4.78, 5) is 10.8. The molecule has 0 bridgehead atoms. The first-order chi connectivity index (χ1) is 36.0. The summed E-state index contributed by atoms with van der Waals surface area (Å²) in [5.41, 5.74) is 18.4. The van der Waals surface area contributed by atoms with Gasteiger partial charge in [-0.25, -0.2) is 4.98 Å². The summed E-state index contributed by atoms with van der Waals surface area (Å²) in [6.07, 6.45) is 1.92. The van der Waals surface area contributed by atoms with E-state index in [0.717, 1.165) is 72.5 Å². The Morgan fingerprint density at radius 2 is 0.948 bits per heavy atom. The third-order valence-electron chi connectivity index (χ3n) is 15.5. The zero-order valence-corrected chi connectivity index (χ0v) is 49.4. The summed E-state index contributed by atoms with van der Waals surface area (Å²) in [5, 5.41) is 12.7. The minimum Gasteiger partial charge on any atom is -0.507 e. The molecule has 10 aromatic rings. The van der Waals surface area contributed by atoms with Crippen LogP contribution in [0, 0.1) is 6.07 Å². The van der Waals surface area contributed by atoms with Gasteiger partial charge in [-0.2, -0.15) is 0 Å². The van der Waals surface area contributed by atoms with Gasteiger partial charge in [0.15, 0.2) is 0 Å². The fourth-order valence-electron chi connectivity index (χ4n) is 10.7. The number of hydrogen-bond acceptors (Lipinski definition) is 3. The molecule has 5 heteroatoms. The molecule has 8 aromatic carbocycles. The predicted molar refractivity (Wildman–Crippen MR) is 320 cm³/mol. The molecule has 0 atom stereocenters. The molecular formula is C72H72N3OPt-. The Kier molecular flexibility index (Phi) is 14.7. The molecule has 0 aliphatic rings. The standard InChI is InChI=1S/C72H72N3O.Pt/c1-68(2,3)55-36-37-63(59(44-55)48-24-17-14-18-25-48)75-64-31-23-30-58(65(64)74-67(75)60-45-57(70(7,8)9)46-61(66(60)76)71(10,11)12)50-40-51(42-56(41-50)69(4,5)6)62-43-49(38-39-73-62)47-32-34-54(35-33-47)72(13,52-26-19-15-20-27-52)53-28-21-16-22-29-53;/h14-39,41-46,76H,1-13H3;/q-1;. The number of rotatable bonds is 9.